The number of phenols is 2. The maximum atomic E-state index is 9.17. The molecule has 1 atom stereocenters. The van der Waals surface area contributed by atoms with Crippen molar-refractivity contribution in [3.8, 4) is 11.5 Å². The van der Waals surface area contributed by atoms with Crippen LogP contribution < -0.4 is 11.5 Å². The van der Waals surface area contributed by atoms with Gasteiger partial charge in [-0.3, -0.25) is 0 Å². The normalized spacial score (nSPS) is 18.8. The number of nitrogens with two attached hydrogens (primary N) is 2. The summed E-state index contributed by atoms with van der Waals surface area (Å²) < 4.78 is 0. The third-order valence-corrected chi connectivity index (χ3v) is 3.26. The zero-order chi connectivity index (χ0) is 17.5. The summed E-state index contributed by atoms with van der Waals surface area (Å²) >= 11 is 0. The van der Waals surface area contributed by atoms with Gasteiger partial charge in [0.1, 0.15) is 6.10 Å². The zero-order valence-electron chi connectivity index (χ0n) is 12.8. The second-order valence-electron chi connectivity index (χ2n) is 5.20. The van der Waals surface area contributed by atoms with Crippen molar-refractivity contribution in [2.75, 3.05) is 13.1 Å². The van der Waals surface area contributed by atoms with Crippen LogP contribution in [0.3, 0.4) is 0 Å². The molecule has 1 aromatic carbocycles. The van der Waals surface area contributed by atoms with Gasteiger partial charge in [0.15, 0.2) is 11.5 Å². The Labute approximate surface area is 134 Å². The van der Waals surface area contributed by atoms with Gasteiger partial charge in [-0.1, -0.05) is 12.1 Å². The van der Waals surface area contributed by atoms with Crippen molar-refractivity contribution >= 4 is 0 Å². The molecule has 1 unspecified atom stereocenters. The number of hydrogen-bond acceptors (Lipinski definition) is 7. The molecule has 2 rings (SSSR count). The number of aliphatic hydroxyl groups is 3. The van der Waals surface area contributed by atoms with Gasteiger partial charge in [0.25, 0.3) is 0 Å². The van der Waals surface area contributed by atoms with Gasteiger partial charge in [0, 0.05) is 0 Å². The van der Waals surface area contributed by atoms with Crippen LogP contribution in [0.2, 0.25) is 0 Å². The van der Waals surface area contributed by atoms with E-state index in [4.69, 9.17) is 37.0 Å². The number of rotatable bonds is 4. The minimum absolute atomic E-state index is 0.0871. The monoisotopic (exact) mass is 324 g/mol. The van der Waals surface area contributed by atoms with E-state index >= 15 is 0 Å². The molecule has 0 aromatic heterocycles. The fraction of sp³-hybridized carbons (Fsp3) is 0.375. The number of phenolic OH excluding ortho intramolecular Hbond substituents is 2. The highest BCUT2D eigenvalue weighted by atomic mass is 16.5. The number of hydrogen-bond donors (Lipinski definition) is 7. The Kier molecular flexibility index (Phi) is 7.21. The SMILES string of the molecule is NCCC1=CC(O)C(O)(O)C=C1.NCCc1ccc(O)c(O)c1. The highest BCUT2D eigenvalue weighted by Gasteiger charge is 2.30. The maximum Gasteiger partial charge on any atom is 0.213 e. The predicted octanol–water partition coefficient (Wildman–Crippen LogP) is -0.528. The van der Waals surface area contributed by atoms with Gasteiger partial charge >= 0.3 is 0 Å². The third-order valence-electron chi connectivity index (χ3n) is 3.26. The second kappa shape index (κ2) is 8.66. The molecule has 128 valence electrons. The molecule has 23 heavy (non-hydrogen) atoms. The fourth-order valence-corrected chi connectivity index (χ4v) is 1.93. The van der Waals surface area contributed by atoms with E-state index in [-0.39, 0.29) is 11.5 Å². The first-order chi connectivity index (χ1) is 10.8. The molecule has 0 saturated heterocycles. The van der Waals surface area contributed by atoms with E-state index in [1.54, 1.807) is 12.1 Å². The van der Waals surface area contributed by atoms with Gasteiger partial charge in [-0.25, -0.2) is 0 Å². The Morgan fingerprint density at radius 2 is 1.65 bits per heavy atom. The summed E-state index contributed by atoms with van der Waals surface area (Å²) in [7, 11) is 0. The highest BCUT2D eigenvalue weighted by Crippen LogP contribution is 2.24. The molecule has 0 bridgehead atoms. The molecule has 0 aliphatic heterocycles. The lowest BCUT2D eigenvalue weighted by molar-refractivity contribution is -0.174. The van der Waals surface area contributed by atoms with Crippen molar-refractivity contribution in [1.82, 2.24) is 0 Å². The molecule has 0 amide bonds. The predicted molar refractivity (Wildman–Crippen MR) is 86.6 cm³/mol. The van der Waals surface area contributed by atoms with E-state index < -0.39 is 11.9 Å². The zero-order valence-corrected chi connectivity index (χ0v) is 12.8. The van der Waals surface area contributed by atoms with Crippen LogP contribution in [0.25, 0.3) is 0 Å². The molecule has 0 spiro atoms. The average Bonchev–Trinajstić information content (AvgIpc) is 2.49. The smallest absolute Gasteiger partial charge is 0.213 e. The van der Waals surface area contributed by atoms with Crippen molar-refractivity contribution in [3.63, 3.8) is 0 Å². The summed E-state index contributed by atoms with van der Waals surface area (Å²) in [5, 5.41) is 45.3. The minimum Gasteiger partial charge on any atom is -0.504 e. The Bertz CT molecular complexity index is 570. The topological polar surface area (TPSA) is 153 Å². The standard InChI is InChI=1S/C8H13NO3.C8H11NO2/c9-4-2-6-1-3-8(11,12)7(10)5-6;9-4-3-6-1-2-7(10)8(11)5-6/h1,3,5,7,10-12H,2,4,9H2;1-2,5,10-11H,3-4,9H2. The van der Waals surface area contributed by atoms with Crippen LogP contribution in [0.1, 0.15) is 12.0 Å². The van der Waals surface area contributed by atoms with E-state index in [1.165, 1.54) is 18.2 Å². The Morgan fingerprint density at radius 1 is 1.00 bits per heavy atom. The van der Waals surface area contributed by atoms with Crippen molar-refractivity contribution < 1.29 is 25.5 Å². The van der Waals surface area contributed by atoms with Crippen molar-refractivity contribution in [3.05, 3.63) is 47.6 Å². The van der Waals surface area contributed by atoms with Gasteiger partial charge in [0.05, 0.1) is 0 Å². The van der Waals surface area contributed by atoms with Crippen LogP contribution in [0.4, 0.5) is 0 Å². The summed E-state index contributed by atoms with van der Waals surface area (Å²) in [6.45, 7) is 1.02. The summed E-state index contributed by atoms with van der Waals surface area (Å²) in [6, 6.07) is 4.71. The Hall–Kier alpha value is -1.90. The lowest BCUT2D eigenvalue weighted by atomic mass is 9.98. The first kappa shape index (κ1) is 19.1. The van der Waals surface area contributed by atoms with Gasteiger partial charge in [-0.2, -0.15) is 0 Å². The maximum absolute atomic E-state index is 9.17. The van der Waals surface area contributed by atoms with Crippen molar-refractivity contribution in [2.24, 2.45) is 11.5 Å². The van der Waals surface area contributed by atoms with Gasteiger partial charge in [-0.05, 0) is 61.4 Å². The molecule has 9 N–H and O–H groups in total. The molecule has 1 aliphatic carbocycles. The van der Waals surface area contributed by atoms with Gasteiger partial charge < -0.3 is 37.0 Å². The van der Waals surface area contributed by atoms with Crippen LogP contribution in [-0.2, 0) is 6.42 Å². The van der Waals surface area contributed by atoms with Crippen LogP contribution in [0.15, 0.2) is 42.0 Å². The lowest BCUT2D eigenvalue weighted by Gasteiger charge is -2.25. The van der Waals surface area contributed by atoms with Gasteiger partial charge in [-0.15, -0.1) is 0 Å². The average molecular weight is 324 g/mol. The third kappa shape index (κ3) is 6.01. The number of aliphatic hydroxyl groups excluding tert-OH is 1. The van der Waals surface area contributed by atoms with E-state index in [9.17, 15) is 0 Å². The van der Waals surface area contributed by atoms with E-state index in [0.717, 1.165) is 17.2 Å². The molecular weight excluding hydrogens is 300 g/mol. The first-order valence-electron chi connectivity index (χ1n) is 7.24. The minimum atomic E-state index is -2.13. The van der Waals surface area contributed by atoms with Crippen molar-refractivity contribution in [1.29, 1.82) is 0 Å². The lowest BCUT2D eigenvalue weighted by Crippen LogP contribution is -2.40. The Balaban J connectivity index is 0.000000231. The summed E-state index contributed by atoms with van der Waals surface area (Å²) in [4.78, 5) is 0. The van der Waals surface area contributed by atoms with E-state index in [1.807, 2.05) is 0 Å². The molecule has 0 saturated carbocycles. The number of allylic oxidation sites excluding steroid dienone is 1. The van der Waals surface area contributed by atoms with Crippen LogP contribution in [0.5, 0.6) is 11.5 Å². The molecular formula is C16H24N2O5. The number of aromatic hydroxyl groups is 2. The van der Waals surface area contributed by atoms with Gasteiger partial charge in [0.2, 0.25) is 5.79 Å². The molecule has 0 fully saturated rings. The second-order valence-corrected chi connectivity index (χ2v) is 5.20. The van der Waals surface area contributed by atoms with Crippen LogP contribution in [0, 0.1) is 0 Å². The summed E-state index contributed by atoms with van der Waals surface area (Å²) in [5.74, 6) is -2.31. The molecule has 1 aliphatic rings. The molecule has 0 heterocycles. The van der Waals surface area contributed by atoms with E-state index in [2.05, 4.69) is 0 Å². The number of benzene rings is 1. The van der Waals surface area contributed by atoms with Crippen LogP contribution in [-0.4, -0.2) is 50.5 Å². The largest absolute Gasteiger partial charge is 0.504 e. The quantitative estimate of drug-likeness (QED) is 0.290. The van der Waals surface area contributed by atoms with Crippen LogP contribution >= 0.6 is 0 Å². The first-order valence-corrected chi connectivity index (χ1v) is 7.24. The molecule has 7 nitrogen and oxygen atoms in total. The molecule has 0 radical (unpaired) electrons. The molecule has 7 heteroatoms. The summed E-state index contributed by atoms with van der Waals surface area (Å²) in [6.07, 6.45) is 4.19. The highest BCUT2D eigenvalue weighted by molar-refractivity contribution is 5.40. The van der Waals surface area contributed by atoms with E-state index in [0.29, 0.717) is 25.9 Å². The Morgan fingerprint density at radius 3 is 2.17 bits per heavy atom. The summed E-state index contributed by atoms with van der Waals surface area (Å²) in [5.41, 5.74) is 12.4. The molecule has 1 aromatic rings. The van der Waals surface area contributed by atoms with Crippen molar-refractivity contribution in [2.45, 2.75) is 24.7 Å². The fourth-order valence-electron chi connectivity index (χ4n) is 1.93.